The lowest BCUT2D eigenvalue weighted by Gasteiger charge is -2.04. The van der Waals surface area contributed by atoms with Gasteiger partial charge in [0.15, 0.2) is 11.4 Å². The van der Waals surface area contributed by atoms with Gasteiger partial charge in [0.1, 0.15) is 5.69 Å². The summed E-state index contributed by atoms with van der Waals surface area (Å²) in [6.07, 6.45) is 2.43. The van der Waals surface area contributed by atoms with Crippen LogP contribution in [0.4, 0.5) is 0 Å². The molecule has 17 heavy (non-hydrogen) atoms. The Morgan fingerprint density at radius 3 is 2.88 bits per heavy atom. The number of primary amides is 1. The summed E-state index contributed by atoms with van der Waals surface area (Å²) in [7, 11) is 0. The molecule has 0 spiro atoms. The number of pyridine rings is 1. The first-order valence-corrected chi connectivity index (χ1v) is 5.61. The molecule has 2 heterocycles. The molecule has 0 saturated heterocycles. The molecule has 2 rings (SSSR count). The second kappa shape index (κ2) is 4.45. The van der Waals surface area contributed by atoms with Gasteiger partial charge in [-0.25, -0.2) is 4.98 Å². The van der Waals surface area contributed by atoms with Crippen molar-refractivity contribution in [2.75, 3.05) is 6.61 Å². The molecular weight excluding hydrogens is 218 g/mol. The van der Waals surface area contributed by atoms with Crippen molar-refractivity contribution in [3.8, 4) is 5.75 Å². The molecule has 0 aliphatic rings. The summed E-state index contributed by atoms with van der Waals surface area (Å²) in [5.41, 5.74) is 7.16. The van der Waals surface area contributed by atoms with E-state index < -0.39 is 5.91 Å². The molecule has 2 N–H and O–H groups in total. The van der Waals surface area contributed by atoms with Crippen molar-refractivity contribution in [1.29, 1.82) is 0 Å². The van der Waals surface area contributed by atoms with Gasteiger partial charge in [0, 0.05) is 6.20 Å². The molecule has 5 nitrogen and oxygen atoms in total. The van der Waals surface area contributed by atoms with E-state index in [-0.39, 0.29) is 0 Å². The summed E-state index contributed by atoms with van der Waals surface area (Å²) in [5, 5.41) is 0. The van der Waals surface area contributed by atoms with Crippen LogP contribution in [-0.4, -0.2) is 21.9 Å². The fourth-order valence-electron chi connectivity index (χ4n) is 1.87. The van der Waals surface area contributed by atoms with Crippen molar-refractivity contribution >= 4 is 11.6 Å². The number of imidazole rings is 1. The smallest absolute Gasteiger partial charge is 0.267 e. The number of nitrogens with zero attached hydrogens (tertiary/aromatic N) is 2. The zero-order valence-electron chi connectivity index (χ0n) is 9.93. The topological polar surface area (TPSA) is 69.6 Å². The fourth-order valence-corrected chi connectivity index (χ4v) is 1.87. The Labute approximate surface area is 99.2 Å². The highest BCUT2D eigenvalue weighted by Crippen LogP contribution is 2.22. The normalized spacial score (nSPS) is 10.7. The minimum absolute atomic E-state index is 0.434. The van der Waals surface area contributed by atoms with E-state index in [2.05, 4.69) is 4.98 Å². The first kappa shape index (κ1) is 11.4. The maximum atomic E-state index is 11.4. The highest BCUT2D eigenvalue weighted by atomic mass is 16.5. The van der Waals surface area contributed by atoms with Crippen molar-refractivity contribution in [3.63, 3.8) is 0 Å². The van der Waals surface area contributed by atoms with E-state index in [1.165, 1.54) is 0 Å². The maximum Gasteiger partial charge on any atom is 0.267 e. The number of aromatic nitrogens is 2. The number of aryl methyl sites for hydroxylation is 1. The molecule has 0 aliphatic heterocycles. The number of hydrogen-bond donors (Lipinski definition) is 1. The van der Waals surface area contributed by atoms with Crippen molar-refractivity contribution in [1.82, 2.24) is 9.38 Å². The lowest BCUT2D eigenvalue weighted by molar-refractivity contribution is 0.0994. The van der Waals surface area contributed by atoms with Crippen LogP contribution in [0.15, 0.2) is 18.3 Å². The quantitative estimate of drug-likeness (QED) is 0.867. The van der Waals surface area contributed by atoms with Crippen molar-refractivity contribution < 1.29 is 9.53 Å². The molecule has 0 aromatic carbocycles. The van der Waals surface area contributed by atoms with Crippen molar-refractivity contribution in [2.24, 2.45) is 5.73 Å². The number of rotatable bonds is 4. The van der Waals surface area contributed by atoms with E-state index in [1.54, 1.807) is 10.6 Å². The van der Waals surface area contributed by atoms with Gasteiger partial charge in [-0.15, -0.1) is 0 Å². The van der Waals surface area contributed by atoms with Gasteiger partial charge in [-0.2, -0.15) is 0 Å². The average Bonchev–Trinajstić information content (AvgIpc) is 2.69. The Kier molecular flexibility index (Phi) is 2.99. The third kappa shape index (κ3) is 1.84. The number of ether oxygens (including phenoxy) is 1. The number of carbonyl (C=O) groups is 1. The average molecular weight is 233 g/mol. The van der Waals surface area contributed by atoms with Crippen LogP contribution >= 0.6 is 0 Å². The lowest BCUT2D eigenvalue weighted by atomic mass is 10.2. The standard InChI is InChI=1S/C12H15N3O2/c1-3-8-10(11(13)16)15-7-5-6-9(17-4-2)12(15)14-8/h5-7H,3-4H2,1-2H3,(H2,13,16). The van der Waals surface area contributed by atoms with Crippen LogP contribution in [0.2, 0.25) is 0 Å². The number of amides is 1. The molecule has 0 aliphatic carbocycles. The fraction of sp³-hybridized carbons (Fsp3) is 0.333. The van der Waals surface area contributed by atoms with Crippen LogP contribution in [0.5, 0.6) is 5.75 Å². The van der Waals surface area contributed by atoms with Gasteiger partial charge in [0.2, 0.25) is 0 Å². The highest BCUT2D eigenvalue weighted by Gasteiger charge is 2.17. The molecule has 0 saturated carbocycles. The summed E-state index contributed by atoms with van der Waals surface area (Å²) in [5.74, 6) is 0.195. The number of fused-ring (bicyclic) bond motifs is 1. The second-order valence-electron chi connectivity index (χ2n) is 3.62. The Bertz CT molecular complexity index is 560. The molecule has 0 radical (unpaired) electrons. The second-order valence-corrected chi connectivity index (χ2v) is 3.62. The molecule has 0 fully saturated rings. The zero-order chi connectivity index (χ0) is 12.4. The minimum Gasteiger partial charge on any atom is -0.490 e. The van der Waals surface area contributed by atoms with E-state index in [0.717, 1.165) is 0 Å². The highest BCUT2D eigenvalue weighted by molar-refractivity contribution is 5.93. The summed E-state index contributed by atoms with van der Waals surface area (Å²) >= 11 is 0. The van der Waals surface area contributed by atoms with Gasteiger partial charge in [-0.1, -0.05) is 6.92 Å². The number of carbonyl (C=O) groups excluding carboxylic acids is 1. The third-order valence-electron chi connectivity index (χ3n) is 2.55. The molecule has 0 bridgehead atoms. The third-order valence-corrected chi connectivity index (χ3v) is 2.55. The number of nitrogens with two attached hydrogens (primary N) is 1. The minimum atomic E-state index is -0.469. The molecule has 90 valence electrons. The summed E-state index contributed by atoms with van der Waals surface area (Å²) < 4.78 is 7.16. The van der Waals surface area contributed by atoms with Crippen molar-refractivity contribution in [2.45, 2.75) is 20.3 Å². The van der Waals surface area contributed by atoms with Gasteiger partial charge in [-0.3, -0.25) is 9.20 Å². The van der Waals surface area contributed by atoms with Crippen LogP contribution in [0.1, 0.15) is 30.0 Å². The summed E-state index contributed by atoms with van der Waals surface area (Å²) in [6.45, 7) is 4.40. The first-order valence-electron chi connectivity index (χ1n) is 5.61. The molecule has 2 aromatic heterocycles. The van der Waals surface area contributed by atoms with Gasteiger partial charge >= 0.3 is 0 Å². The SMILES string of the molecule is CCOc1cccn2c(C(N)=O)c(CC)nc12. The van der Waals surface area contributed by atoms with Gasteiger partial charge in [-0.05, 0) is 25.5 Å². The van der Waals surface area contributed by atoms with Crippen LogP contribution in [-0.2, 0) is 6.42 Å². The van der Waals surface area contributed by atoms with E-state index in [0.29, 0.717) is 35.8 Å². The maximum absolute atomic E-state index is 11.4. The van der Waals surface area contributed by atoms with Gasteiger partial charge in [0.25, 0.3) is 5.91 Å². The Hall–Kier alpha value is -2.04. The van der Waals surface area contributed by atoms with E-state index in [4.69, 9.17) is 10.5 Å². The predicted octanol–water partition coefficient (Wildman–Crippen LogP) is 1.39. The monoisotopic (exact) mass is 233 g/mol. The van der Waals surface area contributed by atoms with Crippen LogP contribution in [0.3, 0.4) is 0 Å². The van der Waals surface area contributed by atoms with E-state index >= 15 is 0 Å². The van der Waals surface area contributed by atoms with Gasteiger partial charge < -0.3 is 10.5 Å². The van der Waals surface area contributed by atoms with Crippen LogP contribution in [0, 0.1) is 0 Å². The lowest BCUT2D eigenvalue weighted by Crippen LogP contribution is -2.15. The first-order chi connectivity index (χ1) is 8.19. The molecular formula is C12H15N3O2. The van der Waals surface area contributed by atoms with Crippen molar-refractivity contribution in [3.05, 3.63) is 29.7 Å². The molecule has 5 heteroatoms. The van der Waals surface area contributed by atoms with E-state index in [1.807, 2.05) is 26.0 Å². The Morgan fingerprint density at radius 2 is 2.29 bits per heavy atom. The summed E-state index contributed by atoms with van der Waals surface area (Å²) in [4.78, 5) is 15.9. The zero-order valence-corrected chi connectivity index (χ0v) is 9.93. The Balaban J connectivity index is 2.72. The largest absolute Gasteiger partial charge is 0.490 e. The molecule has 1 amide bonds. The van der Waals surface area contributed by atoms with Gasteiger partial charge in [0.05, 0.1) is 12.3 Å². The van der Waals surface area contributed by atoms with Crippen LogP contribution in [0.25, 0.3) is 5.65 Å². The predicted molar refractivity (Wildman–Crippen MR) is 64.3 cm³/mol. The molecule has 2 aromatic rings. The van der Waals surface area contributed by atoms with E-state index in [9.17, 15) is 4.79 Å². The summed E-state index contributed by atoms with van der Waals surface area (Å²) in [6, 6.07) is 3.64. The Morgan fingerprint density at radius 1 is 1.53 bits per heavy atom. The van der Waals surface area contributed by atoms with Crippen LogP contribution < -0.4 is 10.5 Å². The number of hydrogen-bond acceptors (Lipinski definition) is 3. The molecule has 0 unspecified atom stereocenters. The molecule has 0 atom stereocenters.